The van der Waals surface area contributed by atoms with Crippen molar-refractivity contribution in [1.29, 1.82) is 0 Å². The summed E-state index contributed by atoms with van der Waals surface area (Å²) in [4.78, 5) is 11.9. The molecule has 2 rings (SSSR count). The number of methoxy groups -OCH3 is 1. The van der Waals surface area contributed by atoms with E-state index >= 15 is 0 Å². The predicted octanol–water partition coefficient (Wildman–Crippen LogP) is 1.51. The Balaban J connectivity index is 1.91. The van der Waals surface area contributed by atoms with Gasteiger partial charge in [0, 0.05) is 25.6 Å². The van der Waals surface area contributed by atoms with E-state index in [1.807, 2.05) is 0 Å². The van der Waals surface area contributed by atoms with Gasteiger partial charge in [-0.3, -0.25) is 4.79 Å². The number of rotatable bonds is 7. The fourth-order valence-corrected chi connectivity index (χ4v) is 2.67. The smallest absolute Gasteiger partial charge is 0.222 e. The number of hydrogen-bond donors (Lipinski definition) is 2. The third-order valence-corrected chi connectivity index (χ3v) is 4.20. The summed E-state index contributed by atoms with van der Waals surface area (Å²) in [5.41, 5.74) is 8.34. The van der Waals surface area contributed by atoms with Crippen LogP contribution in [0.1, 0.15) is 30.4 Å². The van der Waals surface area contributed by atoms with E-state index in [1.54, 1.807) is 7.11 Å². The van der Waals surface area contributed by atoms with Gasteiger partial charge in [-0.1, -0.05) is 24.3 Å². The SMILES string of the molecule is COC(CN)CC(=O)NCC1(c2ccccc2C)CC1. The van der Waals surface area contributed by atoms with E-state index in [4.69, 9.17) is 10.5 Å². The molecule has 3 N–H and O–H groups in total. The van der Waals surface area contributed by atoms with E-state index in [0.717, 1.165) is 12.8 Å². The maximum Gasteiger partial charge on any atom is 0.222 e. The van der Waals surface area contributed by atoms with Crippen LogP contribution in [-0.4, -0.2) is 32.2 Å². The summed E-state index contributed by atoms with van der Waals surface area (Å²) in [5, 5.41) is 3.04. The molecular weight excluding hydrogens is 252 g/mol. The van der Waals surface area contributed by atoms with Crippen LogP contribution in [0, 0.1) is 6.92 Å². The average Bonchev–Trinajstić information content (AvgIpc) is 3.24. The molecule has 1 unspecified atom stereocenters. The molecule has 1 aliphatic carbocycles. The second-order valence-corrected chi connectivity index (χ2v) is 5.67. The van der Waals surface area contributed by atoms with Crippen molar-refractivity contribution < 1.29 is 9.53 Å². The number of hydrogen-bond acceptors (Lipinski definition) is 3. The summed E-state index contributed by atoms with van der Waals surface area (Å²) in [6, 6.07) is 8.43. The van der Waals surface area contributed by atoms with Crippen molar-refractivity contribution in [3.8, 4) is 0 Å². The fraction of sp³-hybridized carbons (Fsp3) is 0.562. The van der Waals surface area contributed by atoms with Crippen molar-refractivity contribution in [2.75, 3.05) is 20.2 Å². The molecule has 4 heteroatoms. The Kier molecular flexibility index (Phi) is 4.78. The lowest BCUT2D eigenvalue weighted by Crippen LogP contribution is -2.36. The van der Waals surface area contributed by atoms with E-state index in [2.05, 4.69) is 36.5 Å². The van der Waals surface area contributed by atoms with Crippen LogP contribution in [0.3, 0.4) is 0 Å². The lowest BCUT2D eigenvalue weighted by Gasteiger charge is -2.20. The zero-order valence-electron chi connectivity index (χ0n) is 12.3. The van der Waals surface area contributed by atoms with Crippen molar-refractivity contribution in [3.63, 3.8) is 0 Å². The Labute approximate surface area is 120 Å². The Morgan fingerprint density at radius 2 is 2.15 bits per heavy atom. The van der Waals surface area contributed by atoms with Gasteiger partial charge < -0.3 is 15.8 Å². The number of nitrogens with one attached hydrogen (secondary N) is 1. The molecule has 0 saturated heterocycles. The summed E-state index contributed by atoms with van der Waals surface area (Å²) >= 11 is 0. The summed E-state index contributed by atoms with van der Waals surface area (Å²) in [5.74, 6) is 0.0159. The first-order valence-electron chi connectivity index (χ1n) is 7.17. The molecule has 4 nitrogen and oxygen atoms in total. The number of carbonyl (C=O) groups is 1. The number of amides is 1. The minimum atomic E-state index is -0.191. The lowest BCUT2D eigenvalue weighted by atomic mass is 9.92. The molecule has 1 atom stereocenters. The first kappa shape index (κ1) is 15.0. The summed E-state index contributed by atoms with van der Waals surface area (Å²) in [6.07, 6.45) is 2.42. The normalized spacial score (nSPS) is 17.6. The van der Waals surface area contributed by atoms with Crippen LogP contribution in [0.15, 0.2) is 24.3 Å². The van der Waals surface area contributed by atoms with Crippen LogP contribution in [0.2, 0.25) is 0 Å². The number of benzene rings is 1. The molecule has 1 aromatic carbocycles. The zero-order chi connectivity index (χ0) is 14.6. The molecule has 0 aliphatic heterocycles. The molecule has 1 aliphatic rings. The molecule has 1 amide bonds. The molecule has 0 bridgehead atoms. The van der Waals surface area contributed by atoms with Crippen molar-refractivity contribution in [2.45, 2.75) is 37.7 Å². The monoisotopic (exact) mass is 276 g/mol. The number of ether oxygens (including phenoxy) is 1. The molecule has 1 aromatic rings. The number of nitrogens with two attached hydrogens (primary N) is 1. The highest BCUT2D eigenvalue weighted by molar-refractivity contribution is 5.76. The van der Waals surface area contributed by atoms with Gasteiger partial charge >= 0.3 is 0 Å². The van der Waals surface area contributed by atoms with Crippen LogP contribution in [-0.2, 0) is 14.9 Å². The minimum Gasteiger partial charge on any atom is -0.380 e. The van der Waals surface area contributed by atoms with Crippen molar-refractivity contribution in [3.05, 3.63) is 35.4 Å². The second-order valence-electron chi connectivity index (χ2n) is 5.67. The molecule has 1 saturated carbocycles. The Morgan fingerprint density at radius 3 is 2.70 bits per heavy atom. The highest BCUT2D eigenvalue weighted by Gasteiger charge is 2.45. The lowest BCUT2D eigenvalue weighted by molar-refractivity contribution is -0.123. The van der Waals surface area contributed by atoms with Gasteiger partial charge in [0.25, 0.3) is 0 Å². The molecule has 0 spiro atoms. The van der Waals surface area contributed by atoms with Gasteiger partial charge in [0.15, 0.2) is 0 Å². The van der Waals surface area contributed by atoms with Crippen LogP contribution >= 0.6 is 0 Å². The standard InChI is InChI=1S/C16H24N2O2/c1-12-5-3-4-6-14(12)16(7-8-16)11-18-15(19)9-13(10-17)20-2/h3-6,13H,7-11,17H2,1-2H3,(H,18,19). The Morgan fingerprint density at radius 1 is 1.45 bits per heavy atom. The van der Waals surface area contributed by atoms with Gasteiger partial charge in [-0.25, -0.2) is 0 Å². The van der Waals surface area contributed by atoms with Gasteiger partial charge in [-0.05, 0) is 30.9 Å². The second kappa shape index (κ2) is 6.37. The highest BCUT2D eigenvalue weighted by atomic mass is 16.5. The van der Waals surface area contributed by atoms with E-state index in [1.165, 1.54) is 11.1 Å². The minimum absolute atomic E-state index is 0.0159. The first-order valence-corrected chi connectivity index (χ1v) is 7.17. The maximum atomic E-state index is 11.9. The Bertz CT molecular complexity index is 465. The Hall–Kier alpha value is -1.39. The van der Waals surface area contributed by atoms with Gasteiger partial charge in [0.2, 0.25) is 5.91 Å². The van der Waals surface area contributed by atoms with Gasteiger partial charge in [0.1, 0.15) is 0 Å². The summed E-state index contributed by atoms with van der Waals surface area (Å²) in [7, 11) is 1.58. The predicted molar refractivity (Wildman–Crippen MR) is 79.6 cm³/mol. The molecule has 1 fully saturated rings. The van der Waals surface area contributed by atoms with E-state index in [0.29, 0.717) is 19.5 Å². The first-order chi connectivity index (χ1) is 9.61. The molecule has 0 radical (unpaired) electrons. The number of aryl methyl sites for hydroxylation is 1. The van der Waals surface area contributed by atoms with Crippen molar-refractivity contribution >= 4 is 5.91 Å². The topological polar surface area (TPSA) is 64.3 Å². The average molecular weight is 276 g/mol. The summed E-state index contributed by atoms with van der Waals surface area (Å²) in [6.45, 7) is 3.21. The van der Waals surface area contributed by atoms with Gasteiger partial charge in [-0.15, -0.1) is 0 Å². The quantitative estimate of drug-likeness (QED) is 0.793. The number of carbonyl (C=O) groups excluding carboxylic acids is 1. The van der Waals surface area contributed by atoms with Crippen LogP contribution in [0.5, 0.6) is 0 Å². The molecule has 0 heterocycles. The third kappa shape index (κ3) is 3.38. The van der Waals surface area contributed by atoms with Gasteiger partial charge in [0.05, 0.1) is 12.5 Å². The third-order valence-electron chi connectivity index (χ3n) is 4.20. The highest BCUT2D eigenvalue weighted by Crippen LogP contribution is 2.48. The summed E-state index contributed by atoms with van der Waals surface area (Å²) < 4.78 is 5.14. The zero-order valence-corrected chi connectivity index (χ0v) is 12.3. The van der Waals surface area contributed by atoms with Crippen LogP contribution in [0.25, 0.3) is 0 Å². The van der Waals surface area contributed by atoms with Crippen LogP contribution in [0.4, 0.5) is 0 Å². The molecule has 20 heavy (non-hydrogen) atoms. The molecule has 110 valence electrons. The van der Waals surface area contributed by atoms with Crippen molar-refractivity contribution in [2.24, 2.45) is 5.73 Å². The van der Waals surface area contributed by atoms with Gasteiger partial charge in [-0.2, -0.15) is 0 Å². The van der Waals surface area contributed by atoms with Crippen molar-refractivity contribution in [1.82, 2.24) is 5.32 Å². The van der Waals surface area contributed by atoms with Crippen LogP contribution < -0.4 is 11.1 Å². The van der Waals surface area contributed by atoms with E-state index in [9.17, 15) is 4.79 Å². The fourth-order valence-electron chi connectivity index (χ4n) is 2.67. The largest absolute Gasteiger partial charge is 0.380 e. The molecular formula is C16H24N2O2. The van der Waals surface area contributed by atoms with E-state index in [-0.39, 0.29) is 17.4 Å². The van der Waals surface area contributed by atoms with E-state index < -0.39 is 0 Å². The molecule has 0 aromatic heterocycles. The maximum absolute atomic E-state index is 11.9.